The molecule has 1 heterocycles. The number of benzene rings is 1. The highest BCUT2D eigenvalue weighted by Gasteiger charge is 2.14. The van der Waals surface area contributed by atoms with E-state index < -0.39 is 6.10 Å². The topological polar surface area (TPSA) is 38.1 Å². The molecule has 0 aliphatic carbocycles. The van der Waals surface area contributed by atoms with E-state index in [1.165, 1.54) is 11.6 Å². The van der Waals surface area contributed by atoms with Crippen LogP contribution in [0, 0.1) is 26.6 Å². The van der Waals surface area contributed by atoms with Crippen LogP contribution in [-0.2, 0) is 13.5 Å². The molecule has 0 saturated carbocycles. The van der Waals surface area contributed by atoms with Gasteiger partial charge in [0.1, 0.15) is 5.82 Å². The molecule has 0 aliphatic rings. The zero-order valence-corrected chi connectivity index (χ0v) is 12.4. The summed E-state index contributed by atoms with van der Waals surface area (Å²) in [4.78, 5) is 0. The van der Waals surface area contributed by atoms with Crippen LogP contribution in [0.1, 0.15) is 40.6 Å². The van der Waals surface area contributed by atoms with E-state index in [4.69, 9.17) is 0 Å². The third kappa shape index (κ3) is 2.90. The maximum Gasteiger partial charge on any atom is 0.126 e. The molecule has 2 aromatic rings. The summed E-state index contributed by atoms with van der Waals surface area (Å²) in [7, 11) is 1.91. The maximum absolute atomic E-state index is 13.5. The predicted octanol–water partition coefficient (Wildman–Crippen LogP) is 3.15. The quantitative estimate of drug-likeness (QED) is 0.931. The summed E-state index contributed by atoms with van der Waals surface area (Å²) >= 11 is 0. The number of hydrogen-bond acceptors (Lipinski definition) is 2. The molecule has 2 rings (SSSR count). The number of halogens is 1. The molecule has 4 heteroatoms. The van der Waals surface area contributed by atoms with Gasteiger partial charge in [-0.2, -0.15) is 5.10 Å². The maximum atomic E-state index is 13.5. The van der Waals surface area contributed by atoms with Crippen molar-refractivity contribution in [2.45, 2.75) is 39.7 Å². The van der Waals surface area contributed by atoms with E-state index in [1.807, 2.05) is 25.6 Å². The third-order valence-corrected chi connectivity index (χ3v) is 3.91. The summed E-state index contributed by atoms with van der Waals surface area (Å²) in [5, 5.41) is 14.6. The fourth-order valence-electron chi connectivity index (χ4n) is 2.44. The summed E-state index contributed by atoms with van der Waals surface area (Å²) in [6.45, 7) is 5.71. The van der Waals surface area contributed by atoms with Crippen LogP contribution in [0.2, 0.25) is 0 Å². The fourth-order valence-corrected chi connectivity index (χ4v) is 2.44. The molecular formula is C16H21FN2O. The number of hydrogen-bond donors (Lipinski definition) is 1. The van der Waals surface area contributed by atoms with Gasteiger partial charge in [0.05, 0.1) is 11.8 Å². The van der Waals surface area contributed by atoms with E-state index in [0.717, 1.165) is 17.8 Å². The van der Waals surface area contributed by atoms with Crippen molar-refractivity contribution in [1.29, 1.82) is 0 Å². The summed E-state index contributed by atoms with van der Waals surface area (Å²) in [5.41, 5.74) is 4.50. The molecule has 0 spiro atoms. The zero-order valence-electron chi connectivity index (χ0n) is 12.4. The van der Waals surface area contributed by atoms with Crippen molar-refractivity contribution in [1.82, 2.24) is 9.78 Å². The predicted molar refractivity (Wildman–Crippen MR) is 77.1 cm³/mol. The van der Waals surface area contributed by atoms with E-state index in [9.17, 15) is 9.50 Å². The van der Waals surface area contributed by atoms with Crippen LogP contribution in [0.3, 0.4) is 0 Å². The van der Waals surface area contributed by atoms with E-state index in [-0.39, 0.29) is 5.82 Å². The summed E-state index contributed by atoms with van der Waals surface area (Å²) in [6, 6.07) is 4.91. The Hall–Kier alpha value is -1.68. The van der Waals surface area contributed by atoms with Crippen LogP contribution in [0.4, 0.5) is 4.39 Å². The van der Waals surface area contributed by atoms with Crippen molar-refractivity contribution in [3.8, 4) is 0 Å². The summed E-state index contributed by atoms with van der Waals surface area (Å²) in [6.07, 6.45) is 0.655. The van der Waals surface area contributed by atoms with Crippen LogP contribution in [0.5, 0.6) is 0 Å². The Bertz CT molecular complexity index is 619. The van der Waals surface area contributed by atoms with Gasteiger partial charge in [0, 0.05) is 12.7 Å². The molecule has 20 heavy (non-hydrogen) atoms. The van der Waals surface area contributed by atoms with Crippen molar-refractivity contribution in [2.75, 3.05) is 0 Å². The Morgan fingerprint density at radius 2 is 2.00 bits per heavy atom. The van der Waals surface area contributed by atoms with Crippen LogP contribution < -0.4 is 0 Å². The van der Waals surface area contributed by atoms with Gasteiger partial charge in [0.2, 0.25) is 0 Å². The number of aromatic nitrogens is 2. The van der Waals surface area contributed by atoms with E-state index in [1.54, 1.807) is 19.1 Å². The lowest BCUT2D eigenvalue weighted by Crippen LogP contribution is -2.02. The van der Waals surface area contributed by atoms with Gasteiger partial charge in [0.15, 0.2) is 0 Å². The highest BCUT2D eigenvalue weighted by molar-refractivity contribution is 5.27. The number of nitrogens with zero attached hydrogens (tertiary/aromatic N) is 2. The number of aryl methyl sites for hydroxylation is 3. The minimum atomic E-state index is -0.649. The molecule has 1 unspecified atom stereocenters. The van der Waals surface area contributed by atoms with Gasteiger partial charge in [0.25, 0.3) is 0 Å². The molecule has 108 valence electrons. The first-order valence-electron chi connectivity index (χ1n) is 6.83. The average molecular weight is 276 g/mol. The third-order valence-electron chi connectivity index (χ3n) is 3.91. The Kier molecular flexibility index (Phi) is 4.23. The average Bonchev–Trinajstić information content (AvgIpc) is 2.64. The normalized spacial score (nSPS) is 12.7. The van der Waals surface area contributed by atoms with Crippen molar-refractivity contribution in [3.63, 3.8) is 0 Å². The molecule has 1 N–H and O–H groups in total. The summed E-state index contributed by atoms with van der Waals surface area (Å²) < 4.78 is 15.4. The van der Waals surface area contributed by atoms with Gasteiger partial charge in [-0.15, -0.1) is 0 Å². The first-order chi connectivity index (χ1) is 9.40. The van der Waals surface area contributed by atoms with Gasteiger partial charge in [-0.05, 0) is 56.4 Å². The van der Waals surface area contributed by atoms with Crippen molar-refractivity contribution in [2.24, 2.45) is 7.05 Å². The lowest BCUT2D eigenvalue weighted by atomic mass is 9.99. The van der Waals surface area contributed by atoms with Crippen molar-refractivity contribution < 1.29 is 9.50 Å². The Morgan fingerprint density at radius 1 is 1.30 bits per heavy atom. The molecule has 0 radical (unpaired) electrons. The van der Waals surface area contributed by atoms with E-state index >= 15 is 0 Å². The van der Waals surface area contributed by atoms with Gasteiger partial charge in [-0.25, -0.2) is 4.39 Å². The van der Waals surface area contributed by atoms with E-state index in [0.29, 0.717) is 17.5 Å². The van der Waals surface area contributed by atoms with Crippen molar-refractivity contribution in [3.05, 3.63) is 52.1 Å². The Balaban J connectivity index is 2.08. The molecule has 0 fully saturated rings. The second-order valence-corrected chi connectivity index (χ2v) is 5.34. The highest BCUT2D eigenvalue weighted by atomic mass is 19.1. The smallest absolute Gasteiger partial charge is 0.126 e. The Morgan fingerprint density at radius 3 is 2.55 bits per heavy atom. The summed E-state index contributed by atoms with van der Waals surface area (Å²) in [5.74, 6) is -0.268. The molecule has 0 amide bonds. The van der Waals surface area contributed by atoms with Crippen LogP contribution in [-0.4, -0.2) is 14.9 Å². The molecule has 3 nitrogen and oxygen atoms in total. The lowest BCUT2D eigenvalue weighted by Gasteiger charge is -2.12. The highest BCUT2D eigenvalue weighted by Crippen LogP contribution is 2.23. The second-order valence-electron chi connectivity index (χ2n) is 5.34. The standard InChI is InChI=1S/C16H21FN2O/c1-10-5-6-13(9-15(10)17)16(20)8-7-14-11(2)18-19(4)12(14)3/h5-6,9,16,20H,7-8H2,1-4H3. The fraction of sp³-hybridized carbons (Fsp3) is 0.438. The molecular weight excluding hydrogens is 255 g/mol. The van der Waals surface area contributed by atoms with Crippen LogP contribution in [0.25, 0.3) is 0 Å². The molecule has 1 aromatic heterocycles. The minimum Gasteiger partial charge on any atom is -0.388 e. The lowest BCUT2D eigenvalue weighted by molar-refractivity contribution is 0.167. The molecule has 0 aliphatic heterocycles. The van der Waals surface area contributed by atoms with Crippen molar-refractivity contribution >= 4 is 0 Å². The van der Waals surface area contributed by atoms with E-state index in [2.05, 4.69) is 5.10 Å². The molecule has 1 aromatic carbocycles. The van der Waals surface area contributed by atoms with Gasteiger partial charge < -0.3 is 5.11 Å². The van der Waals surface area contributed by atoms with Gasteiger partial charge in [-0.3, -0.25) is 4.68 Å². The Labute approximate surface area is 119 Å². The first kappa shape index (κ1) is 14.7. The first-order valence-corrected chi connectivity index (χ1v) is 6.83. The van der Waals surface area contributed by atoms with Crippen LogP contribution >= 0.6 is 0 Å². The monoisotopic (exact) mass is 276 g/mol. The molecule has 0 bridgehead atoms. The number of rotatable bonds is 4. The SMILES string of the molecule is Cc1ccc(C(O)CCc2c(C)nn(C)c2C)cc1F. The molecule has 1 atom stereocenters. The number of aliphatic hydroxyl groups is 1. The minimum absolute atomic E-state index is 0.268. The van der Waals surface area contributed by atoms with Crippen LogP contribution in [0.15, 0.2) is 18.2 Å². The number of aliphatic hydroxyl groups excluding tert-OH is 1. The zero-order chi connectivity index (χ0) is 14.9. The molecule has 0 saturated heterocycles. The second kappa shape index (κ2) is 5.75. The van der Waals surface area contributed by atoms with Gasteiger partial charge in [-0.1, -0.05) is 12.1 Å². The van der Waals surface area contributed by atoms with Gasteiger partial charge >= 0.3 is 0 Å². The largest absolute Gasteiger partial charge is 0.388 e.